The molecule has 0 aliphatic carbocycles. The number of carboxylic acid groups (broad SMARTS) is 1. The van der Waals surface area contributed by atoms with Gasteiger partial charge < -0.3 is 30.6 Å². The van der Waals surface area contributed by atoms with Gasteiger partial charge in [0.1, 0.15) is 18.3 Å². The monoisotopic (exact) mass is 480 g/mol. The van der Waals surface area contributed by atoms with E-state index in [4.69, 9.17) is 14.6 Å². The number of amides is 3. The van der Waals surface area contributed by atoms with Crippen LogP contribution in [0.25, 0.3) is 11.5 Å². The molecule has 3 aromatic rings. The fraction of sp³-hybridized carbons (Fsp3) is 0.208. The number of benzene rings is 2. The molecule has 0 unspecified atom stereocenters. The number of carbonyl (C=O) groups is 4. The lowest BCUT2D eigenvalue weighted by molar-refractivity contribution is -0.142. The van der Waals surface area contributed by atoms with Crippen LogP contribution in [0.4, 0.5) is 0 Å². The van der Waals surface area contributed by atoms with E-state index in [2.05, 4.69) is 20.9 Å². The number of aliphatic carboxylic acids is 1. The quantitative estimate of drug-likeness (QED) is 0.262. The highest BCUT2D eigenvalue weighted by molar-refractivity contribution is 5.97. The average molecular weight is 480 g/mol. The van der Waals surface area contributed by atoms with Gasteiger partial charge in [-0.3, -0.25) is 14.4 Å². The van der Waals surface area contributed by atoms with Gasteiger partial charge in [-0.05, 0) is 17.7 Å². The second-order valence-electron chi connectivity index (χ2n) is 7.48. The molecule has 0 fully saturated rings. The SMILES string of the molecule is O=C(CNC(=O)[C@H](Cc1ccccc1)NC(=O)c1coc(-c2ccccc2)n1)N[C@@H](CO)C(=O)O. The van der Waals surface area contributed by atoms with Crippen molar-refractivity contribution < 1.29 is 33.8 Å². The number of aliphatic hydroxyl groups is 1. The molecule has 182 valence electrons. The molecule has 11 heteroatoms. The summed E-state index contributed by atoms with van der Waals surface area (Å²) in [5, 5.41) is 25.0. The zero-order chi connectivity index (χ0) is 25.2. The van der Waals surface area contributed by atoms with Gasteiger partial charge in [-0.1, -0.05) is 48.5 Å². The van der Waals surface area contributed by atoms with Gasteiger partial charge >= 0.3 is 5.97 Å². The number of aliphatic hydroxyl groups excluding tert-OH is 1. The molecule has 0 radical (unpaired) electrons. The lowest BCUT2D eigenvalue weighted by Gasteiger charge is -2.18. The van der Waals surface area contributed by atoms with Gasteiger partial charge in [-0.25, -0.2) is 9.78 Å². The minimum Gasteiger partial charge on any atom is -0.480 e. The number of oxazole rings is 1. The molecule has 0 saturated carbocycles. The van der Waals surface area contributed by atoms with Crippen LogP contribution in [0.1, 0.15) is 16.1 Å². The Kier molecular flexibility index (Phi) is 8.68. The van der Waals surface area contributed by atoms with Crippen LogP contribution < -0.4 is 16.0 Å². The molecule has 11 nitrogen and oxygen atoms in total. The normalized spacial score (nSPS) is 12.3. The van der Waals surface area contributed by atoms with E-state index in [0.717, 1.165) is 5.56 Å². The van der Waals surface area contributed by atoms with Crippen LogP contribution in [0, 0.1) is 0 Å². The van der Waals surface area contributed by atoms with Crippen molar-refractivity contribution in [1.29, 1.82) is 0 Å². The molecule has 1 aromatic heterocycles. The molecule has 5 N–H and O–H groups in total. The Labute approximate surface area is 200 Å². The molecule has 1 heterocycles. The smallest absolute Gasteiger partial charge is 0.328 e. The summed E-state index contributed by atoms with van der Waals surface area (Å²) < 4.78 is 5.38. The highest BCUT2D eigenvalue weighted by Crippen LogP contribution is 2.18. The molecule has 0 saturated heterocycles. The van der Waals surface area contributed by atoms with Crippen molar-refractivity contribution >= 4 is 23.7 Å². The van der Waals surface area contributed by atoms with Crippen molar-refractivity contribution in [2.75, 3.05) is 13.2 Å². The van der Waals surface area contributed by atoms with Gasteiger partial charge in [0, 0.05) is 12.0 Å². The molecule has 0 aliphatic heterocycles. The first-order valence-corrected chi connectivity index (χ1v) is 10.6. The zero-order valence-electron chi connectivity index (χ0n) is 18.5. The Morgan fingerprint density at radius 1 is 0.914 bits per heavy atom. The molecule has 0 spiro atoms. The maximum atomic E-state index is 12.8. The molecule has 2 aromatic carbocycles. The second kappa shape index (κ2) is 12.1. The maximum absolute atomic E-state index is 12.8. The predicted octanol–water partition coefficient (Wildman–Crippen LogP) is 0.361. The Morgan fingerprint density at radius 2 is 1.57 bits per heavy atom. The van der Waals surface area contributed by atoms with E-state index in [1.807, 2.05) is 12.1 Å². The first kappa shape index (κ1) is 25.1. The summed E-state index contributed by atoms with van der Waals surface area (Å²) in [5.74, 6) is -3.30. The third-order valence-corrected chi connectivity index (χ3v) is 4.90. The van der Waals surface area contributed by atoms with Crippen LogP contribution >= 0.6 is 0 Å². The summed E-state index contributed by atoms with van der Waals surface area (Å²) in [7, 11) is 0. The fourth-order valence-corrected chi connectivity index (χ4v) is 3.10. The number of hydrogen-bond acceptors (Lipinski definition) is 7. The van der Waals surface area contributed by atoms with E-state index in [9.17, 15) is 19.2 Å². The average Bonchev–Trinajstić information content (AvgIpc) is 3.37. The number of carbonyl (C=O) groups excluding carboxylic acids is 3. The van der Waals surface area contributed by atoms with Crippen LogP contribution in [0.5, 0.6) is 0 Å². The number of nitrogens with one attached hydrogen (secondary N) is 3. The fourth-order valence-electron chi connectivity index (χ4n) is 3.10. The molecule has 35 heavy (non-hydrogen) atoms. The molecular weight excluding hydrogens is 456 g/mol. The zero-order valence-corrected chi connectivity index (χ0v) is 18.5. The maximum Gasteiger partial charge on any atom is 0.328 e. The van der Waals surface area contributed by atoms with Crippen LogP contribution in [0.15, 0.2) is 71.3 Å². The van der Waals surface area contributed by atoms with E-state index in [-0.39, 0.29) is 18.0 Å². The van der Waals surface area contributed by atoms with Gasteiger partial charge in [0.05, 0.1) is 13.2 Å². The van der Waals surface area contributed by atoms with Crippen molar-refractivity contribution in [1.82, 2.24) is 20.9 Å². The number of rotatable bonds is 11. The van der Waals surface area contributed by atoms with Crippen LogP contribution in [0.2, 0.25) is 0 Å². The summed E-state index contributed by atoms with van der Waals surface area (Å²) >= 11 is 0. The topological polar surface area (TPSA) is 171 Å². The first-order chi connectivity index (χ1) is 16.9. The standard InChI is InChI=1S/C24H24N4O7/c29-13-18(24(33)34)26-20(30)12-25-21(31)17(11-15-7-3-1-4-8-15)27-22(32)19-14-35-23(28-19)16-9-5-2-6-10-16/h1-10,14,17-18,29H,11-13H2,(H,25,31)(H,26,30)(H,27,32)(H,33,34)/t17-,18-/m0/s1. The van der Waals surface area contributed by atoms with Crippen molar-refractivity contribution in [2.24, 2.45) is 0 Å². The van der Waals surface area contributed by atoms with E-state index >= 15 is 0 Å². The summed E-state index contributed by atoms with van der Waals surface area (Å²) in [6.45, 7) is -1.35. The second-order valence-corrected chi connectivity index (χ2v) is 7.48. The van der Waals surface area contributed by atoms with Crippen molar-refractivity contribution in [3.8, 4) is 11.5 Å². The Morgan fingerprint density at radius 3 is 2.20 bits per heavy atom. The third kappa shape index (κ3) is 7.24. The van der Waals surface area contributed by atoms with Gasteiger partial charge in [0.15, 0.2) is 5.69 Å². The van der Waals surface area contributed by atoms with E-state index in [1.165, 1.54) is 6.26 Å². The first-order valence-electron chi connectivity index (χ1n) is 10.6. The summed E-state index contributed by atoms with van der Waals surface area (Å²) in [6, 6.07) is 15.3. The highest BCUT2D eigenvalue weighted by atomic mass is 16.4. The van der Waals surface area contributed by atoms with Gasteiger partial charge in [-0.15, -0.1) is 0 Å². The predicted molar refractivity (Wildman–Crippen MR) is 123 cm³/mol. The summed E-state index contributed by atoms with van der Waals surface area (Å²) in [5.41, 5.74) is 1.41. The van der Waals surface area contributed by atoms with Gasteiger partial charge in [0.2, 0.25) is 17.7 Å². The molecule has 0 bridgehead atoms. The minimum atomic E-state index is -1.50. The summed E-state index contributed by atoms with van der Waals surface area (Å²) in [6.07, 6.45) is 1.31. The number of carboxylic acids is 1. The molecule has 3 rings (SSSR count). The minimum absolute atomic E-state index is 0.0281. The Bertz CT molecular complexity index is 1160. The van der Waals surface area contributed by atoms with Crippen LogP contribution in [-0.2, 0) is 20.8 Å². The number of hydrogen-bond donors (Lipinski definition) is 5. The molecule has 3 amide bonds. The largest absolute Gasteiger partial charge is 0.480 e. The molecular formula is C24H24N4O7. The summed E-state index contributed by atoms with van der Waals surface area (Å²) in [4.78, 5) is 52.7. The lowest BCUT2D eigenvalue weighted by Crippen LogP contribution is -2.52. The molecule has 0 aliphatic rings. The van der Waals surface area contributed by atoms with Crippen LogP contribution in [0.3, 0.4) is 0 Å². The van der Waals surface area contributed by atoms with E-state index in [0.29, 0.717) is 5.56 Å². The van der Waals surface area contributed by atoms with E-state index < -0.39 is 48.9 Å². The van der Waals surface area contributed by atoms with E-state index in [1.54, 1.807) is 48.5 Å². The van der Waals surface area contributed by atoms with Crippen LogP contribution in [-0.4, -0.2) is 64.1 Å². The lowest BCUT2D eigenvalue weighted by atomic mass is 10.0. The third-order valence-electron chi connectivity index (χ3n) is 4.90. The van der Waals surface area contributed by atoms with Crippen molar-refractivity contribution in [3.05, 3.63) is 78.2 Å². The number of aromatic nitrogens is 1. The highest BCUT2D eigenvalue weighted by Gasteiger charge is 2.25. The van der Waals surface area contributed by atoms with Crippen molar-refractivity contribution in [3.63, 3.8) is 0 Å². The Hall–Kier alpha value is -4.51. The van der Waals surface area contributed by atoms with Gasteiger partial charge in [0.25, 0.3) is 5.91 Å². The molecule has 2 atom stereocenters. The van der Waals surface area contributed by atoms with Crippen molar-refractivity contribution in [2.45, 2.75) is 18.5 Å². The Balaban J connectivity index is 1.68. The van der Waals surface area contributed by atoms with Gasteiger partial charge in [-0.2, -0.15) is 0 Å². The number of nitrogens with zero attached hydrogens (tertiary/aromatic N) is 1.